The maximum absolute atomic E-state index is 11.4. The van der Waals surface area contributed by atoms with Crippen molar-refractivity contribution in [2.75, 3.05) is 25.6 Å². The fourth-order valence-corrected chi connectivity index (χ4v) is 2.41. The number of hydrogen-bond acceptors (Lipinski definition) is 2. The molecule has 0 aromatic heterocycles. The van der Waals surface area contributed by atoms with Crippen molar-refractivity contribution in [3.63, 3.8) is 0 Å². The third-order valence-electron chi connectivity index (χ3n) is 2.33. The number of ether oxygens (including phenoxy) is 1. The molecule has 0 amide bonds. The molecule has 11 heavy (non-hydrogen) atoms. The van der Waals surface area contributed by atoms with Crippen molar-refractivity contribution in [3.05, 3.63) is 0 Å². The molecule has 0 rings (SSSR count). The summed E-state index contributed by atoms with van der Waals surface area (Å²) in [5.74, 6) is 0. The molecule has 0 aliphatic carbocycles. The van der Waals surface area contributed by atoms with Gasteiger partial charge in [0.2, 0.25) is 0 Å². The molecular formula is C8H19O2P. The number of rotatable bonds is 4. The van der Waals surface area contributed by atoms with Crippen LogP contribution in [0.2, 0.25) is 0 Å². The van der Waals surface area contributed by atoms with E-state index in [0.717, 1.165) is 12.3 Å². The van der Waals surface area contributed by atoms with Gasteiger partial charge in [-0.2, -0.15) is 0 Å². The van der Waals surface area contributed by atoms with Crippen LogP contribution in [-0.4, -0.2) is 31.3 Å². The quantitative estimate of drug-likeness (QED) is 0.618. The van der Waals surface area contributed by atoms with Crippen molar-refractivity contribution in [2.24, 2.45) is 0 Å². The first-order chi connectivity index (χ1) is 5.10. The summed E-state index contributed by atoms with van der Waals surface area (Å²) in [6, 6.07) is 0. The molecule has 0 aromatic carbocycles. The Kier molecular flexibility index (Phi) is 4.67. The van der Waals surface area contributed by atoms with E-state index in [0.29, 0.717) is 6.61 Å². The molecule has 0 saturated carbocycles. The zero-order valence-corrected chi connectivity index (χ0v) is 8.94. The zero-order valence-electron chi connectivity index (χ0n) is 7.94. The van der Waals surface area contributed by atoms with E-state index in [9.17, 15) is 4.79 Å². The molecule has 0 aliphatic rings. The summed E-state index contributed by atoms with van der Waals surface area (Å²) in [7, 11) is -1.68. The second-order valence-electron chi connectivity index (χ2n) is 2.99. The van der Waals surface area contributed by atoms with Crippen molar-refractivity contribution < 1.29 is 9.53 Å². The molecule has 2 nitrogen and oxygen atoms in total. The monoisotopic (exact) mass is 178 g/mol. The van der Waals surface area contributed by atoms with Crippen LogP contribution in [0.3, 0.4) is 0 Å². The van der Waals surface area contributed by atoms with Gasteiger partial charge in [-0.15, -0.1) is 0 Å². The molecule has 0 heterocycles. The van der Waals surface area contributed by atoms with E-state index >= 15 is 0 Å². The van der Waals surface area contributed by atoms with Gasteiger partial charge >= 0.3 is 68.9 Å². The van der Waals surface area contributed by atoms with Gasteiger partial charge in [0.15, 0.2) is 0 Å². The molecule has 3 heteroatoms. The van der Waals surface area contributed by atoms with Crippen LogP contribution in [-0.2, 0) is 4.74 Å². The molecule has 68 valence electrons. The molecule has 0 saturated heterocycles. The molecule has 0 unspecified atom stereocenters. The van der Waals surface area contributed by atoms with Crippen LogP contribution in [0.1, 0.15) is 20.8 Å². The van der Waals surface area contributed by atoms with E-state index in [4.69, 9.17) is 4.74 Å². The molecule has 0 atom stereocenters. The average molecular weight is 178 g/mol. The van der Waals surface area contributed by atoms with E-state index in [-0.39, 0.29) is 5.71 Å². The van der Waals surface area contributed by atoms with Crippen LogP contribution >= 0.6 is 7.26 Å². The summed E-state index contributed by atoms with van der Waals surface area (Å²) in [4.78, 5) is 11.4. The van der Waals surface area contributed by atoms with Gasteiger partial charge in [-0.25, -0.2) is 0 Å². The van der Waals surface area contributed by atoms with Crippen molar-refractivity contribution in [1.82, 2.24) is 0 Å². The summed E-state index contributed by atoms with van der Waals surface area (Å²) >= 11 is 0. The Balaban J connectivity index is 4.12. The second kappa shape index (κ2) is 4.71. The van der Waals surface area contributed by atoms with Crippen LogP contribution in [0.25, 0.3) is 0 Å². The summed E-state index contributed by atoms with van der Waals surface area (Å²) in [6.07, 6.45) is 1.98. The topological polar surface area (TPSA) is 26.3 Å². The van der Waals surface area contributed by atoms with Crippen molar-refractivity contribution in [2.45, 2.75) is 20.8 Å². The van der Waals surface area contributed by atoms with Crippen LogP contribution in [0.4, 0.5) is 4.79 Å². The van der Waals surface area contributed by atoms with Gasteiger partial charge in [-0.1, -0.05) is 0 Å². The minimum absolute atomic E-state index is 0.0741. The van der Waals surface area contributed by atoms with E-state index in [1.807, 2.05) is 6.92 Å². The number of carbonyl (C=O) groups is 1. The Morgan fingerprint density at radius 1 is 1.27 bits per heavy atom. The Morgan fingerprint density at radius 3 is 2.00 bits per heavy atom. The molecule has 0 spiro atoms. The average Bonchev–Trinajstić information content (AvgIpc) is 2.03. The first-order valence-corrected chi connectivity index (χ1v) is 7.19. The zero-order chi connectivity index (χ0) is 8.91. The Morgan fingerprint density at radius 2 is 1.73 bits per heavy atom. The third-order valence-corrected chi connectivity index (χ3v) is 6.58. The van der Waals surface area contributed by atoms with Crippen molar-refractivity contribution in [1.29, 1.82) is 0 Å². The molecular weight excluding hydrogens is 159 g/mol. The first-order valence-electron chi connectivity index (χ1n) is 4.28. The van der Waals surface area contributed by atoms with Crippen LogP contribution in [0.15, 0.2) is 0 Å². The van der Waals surface area contributed by atoms with E-state index < -0.39 is 7.26 Å². The van der Waals surface area contributed by atoms with Crippen LogP contribution in [0.5, 0.6) is 0 Å². The fourth-order valence-electron chi connectivity index (χ4n) is 0.844. The summed E-state index contributed by atoms with van der Waals surface area (Å²) in [5.41, 5.74) is 0.0741. The summed E-state index contributed by atoms with van der Waals surface area (Å²) in [5, 5.41) is 0. The van der Waals surface area contributed by atoms with Crippen molar-refractivity contribution in [3.8, 4) is 0 Å². The second-order valence-corrected chi connectivity index (χ2v) is 7.93. The molecule has 0 aromatic rings. The van der Waals surface area contributed by atoms with Crippen LogP contribution < -0.4 is 0 Å². The molecule has 0 bridgehead atoms. The Bertz CT molecular complexity index is 130. The Hall–Kier alpha value is -0.100. The SMILES string of the molecule is CCOC(=O)[PH](C)(CC)CC. The molecule has 0 fully saturated rings. The van der Waals surface area contributed by atoms with Gasteiger partial charge in [-0.05, 0) is 0 Å². The predicted molar refractivity (Wildman–Crippen MR) is 52.3 cm³/mol. The van der Waals surface area contributed by atoms with Crippen LogP contribution in [0, 0.1) is 0 Å². The van der Waals surface area contributed by atoms with E-state index in [1.54, 1.807) is 0 Å². The minimum atomic E-state index is -1.68. The van der Waals surface area contributed by atoms with Gasteiger partial charge in [-0.3, -0.25) is 0 Å². The van der Waals surface area contributed by atoms with Gasteiger partial charge in [0.25, 0.3) is 0 Å². The van der Waals surface area contributed by atoms with Gasteiger partial charge in [0.05, 0.1) is 0 Å². The number of carbonyl (C=O) groups excluding carboxylic acids is 1. The van der Waals surface area contributed by atoms with Crippen molar-refractivity contribution >= 4 is 13.0 Å². The van der Waals surface area contributed by atoms with Gasteiger partial charge < -0.3 is 0 Å². The van der Waals surface area contributed by atoms with E-state index in [2.05, 4.69) is 20.5 Å². The molecule has 0 radical (unpaired) electrons. The normalized spacial score (nSPS) is 12.7. The first kappa shape index (κ1) is 10.9. The fraction of sp³-hybridized carbons (Fsp3) is 0.875. The maximum atomic E-state index is 11.4. The molecule has 0 aliphatic heterocycles. The Labute approximate surface area is 69.7 Å². The number of hydrogen-bond donors (Lipinski definition) is 0. The van der Waals surface area contributed by atoms with E-state index in [1.165, 1.54) is 0 Å². The van der Waals surface area contributed by atoms with Gasteiger partial charge in [0, 0.05) is 0 Å². The third kappa shape index (κ3) is 2.78. The standard InChI is InChI=1S/C8H19O2P/c1-5-10-8(9)11(4,6-2)7-3/h11H,5-7H2,1-4H3. The molecule has 0 N–H and O–H groups in total. The summed E-state index contributed by atoms with van der Waals surface area (Å²) < 4.78 is 5.01. The van der Waals surface area contributed by atoms with Gasteiger partial charge in [0.1, 0.15) is 0 Å². The predicted octanol–water partition coefficient (Wildman–Crippen LogP) is 2.56. The summed E-state index contributed by atoms with van der Waals surface area (Å²) in [6.45, 7) is 8.61.